The van der Waals surface area contributed by atoms with Crippen LogP contribution in [-0.2, 0) is 10.0 Å². The molecule has 0 aliphatic carbocycles. The highest BCUT2D eigenvalue weighted by atomic mass is 35.5. The van der Waals surface area contributed by atoms with E-state index in [1.165, 1.54) is 11.3 Å². The van der Waals surface area contributed by atoms with Gasteiger partial charge in [0.2, 0.25) is 10.0 Å². The summed E-state index contributed by atoms with van der Waals surface area (Å²) in [6.45, 7) is 4.76. The Balaban J connectivity index is 0.00000192. The highest BCUT2D eigenvalue weighted by Crippen LogP contribution is 2.35. The van der Waals surface area contributed by atoms with Crippen molar-refractivity contribution in [1.82, 2.24) is 10.0 Å². The quantitative estimate of drug-likeness (QED) is 0.833. The van der Waals surface area contributed by atoms with E-state index >= 15 is 0 Å². The Morgan fingerprint density at radius 2 is 2.13 bits per heavy atom. The van der Waals surface area contributed by atoms with Crippen molar-refractivity contribution in [3.05, 3.63) is 28.1 Å². The summed E-state index contributed by atoms with van der Waals surface area (Å²) in [6, 6.07) is 5.71. The van der Waals surface area contributed by atoms with Crippen LogP contribution in [0.3, 0.4) is 0 Å². The molecule has 2 aromatic rings. The number of aryl methyl sites for hydroxylation is 1. The molecule has 2 unspecified atom stereocenters. The molecule has 23 heavy (non-hydrogen) atoms. The van der Waals surface area contributed by atoms with E-state index in [0.29, 0.717) is 21.3 Å². The third-order valence-corrected chi connectivity index (χ3v) is 7.14. The summed E-state index contributed by atoms with van der Waals surface area (Å²) in [4.78, 5) is 1.17. The monoisotopic (exact) mass is 394 g/mol. The molecule has 0 bridgehead atoms. The van der Waals surface area contributed by atoms with Crippen molar-refractivity contribution in [3.63, 3.8) is 0 Å². The van der Waals surface area contributed by atoms with Gasteiger partial charge in [0.25, 0.3) is 0 Å². The van der Waals surface area contributed by atoms with Crippen molar-refractivity contribution in [1.29, 1.82) is 0 Å². The largest absolute Gasteiger partial charge is 0.314 e. The van der Waals surface area contributed by atoms with Gasteiger partial charge < -0.3 is 5.32 Å². The number of nitrogens with one attached hydrogen (secondary N) is 2. The van der Waals surface area contributed by atoms with E-state index in [1.807, 2.05) is 13.0 Å². The van der Waals surface area contributed by atoms with Crippen LogP contribution in [0.1, 0.15) is 24.6 Å². The van der Waals surface area contributed by atoms with Gasteiger partial charge in [0.1, 0.15) is 4.90 Å². The lowest BCUT2D eigenvalue weighted by atomic mass is 10.0. The Morgan fingerprint density at radius 3 is 2.83 bits per heavy atom. The molecule has 1 aromatic carbocycles. The lowest BCUT2D eigenvalue weighted by Crippen LogP contribution is -2.46. The van der Waals surface area contributed by atoms with Crippen molar-refractivity contribution in [2.45, 2.75) is 43.7 Å². The van der Waals surface area contributed by atoms with Gasteiger partial charge in [-0.15, -0.1) is 23.7 Å². The molecular formula is C15H20Cl2N2O2S2. The summed E-state index contributed by atoms with van der Waals surface area (Å²) >= 11 is 7.53. The van der Waals surface area contributed by atoms with Crippen LogP contribution in [0.5, 0.6) is 0 Å². The van der Waals surface area contributed by atoms with Gasteiger partial charge in [-0.2, -0.15) is 0 Å². The topological polar surface area (TPSA) is 58.2 Å². The van der Waals surface area contributed by atoms with Crippen molar-refractivity contribution >= 4 is 55.5 Å². The summed E-state index contributed by atoms with van der Waals surface area (Å²) in [6.07, 6.45) is 1.62. The van der Waals surface area contributed by atoms with Crippen LogP contribution in [0.4, 0.5) is 0 Å². The van der Waals surface area contributed by atoms with E-state index in [1.54, 1.807) is 12.1 Å². The first-order valence-corrected chi connectivity index (χ1v) is 9.99. The molecule has 0 amide bonds. The first kappa shape index (κ1) is 19.0. The first-order valence-electron chi connectivity index (χ1n) is 7.31. The molecule has 128 valence electrons. The maximum atomic E-state index is 12.8. The van der Waals surface area contributed by atoms with Crippen LogP contribution in [-0.4, -0.2) is 27.0 Å². The second-order valence-corrected chi connectivity index (χ2v) is 9.17. The van der Waals surface area contributed by atoms with Crippen LogP contribution in [0.2, 0.25) is 5.02 Å². The van der Waals surface area contributed by atoms with Crippen LogP contribution in [0.15, 0.2) is 23.1 Å². The normalized spacial score (nSPS) is 22.0. The van der Waals surface area contributed by atoms with E-state index in [9.17, 15) is 8.42 Å². The zero-order chi connectivity index (χ0) is 15.9. The molecule has 4 nitrogen and oxygen atoms in total. The molecule has 3 rings (SSSR count). The third kappa shape index (κ3) is 4.00. The van der Waals surface area contributed by atoms with Gasteiger partial charge in [-0.1, -0.05) is 11.6 Å². The van der Waals surface area contributed by atoms with Crippen LogP contribution >= 0.6 is 35.3 Å². The molecule has 2 atom stereocenters. The lowest BCUT2D eigenvalue weighted by molar-refractivity contribution is 0.361. The number of fused-ring (bicyclic) bond motifs is 1. The number of benzene rings is 1. The SMILES string of the molecule is Cc1sc2ccc(Cl)cc2c1S(=O)(=O)NC1CCNC(C)C1.Cl. The molecule has 2 N–H and O–H groups in total. The average Bonchev–Trinajstić information content (AvgIpc) is 2.74. The number of hydrogen-bond donors (Lipinski definition) is 2. The Bertz CT molecular complexity index is 805. The fraction of sp³-hybridized carbons (Fsp3) is 0.467. The second kappa shape index (κ2) is 7.25. The van der Waals surface area contributed by atoms with Crippen molar-refractivity contribution < 1.29 is 8.42 Å². The molecule has 0 saturated carbocycles. The number of sulfonamides is 1. The predicted molar refractivity (Wildman–Crippen MR) is 99.6 cm³/mol. The summed E-state index contributed by atoms with van der Waals surface area (Å²) in [5.41, 5.74) is 0. The molecule has 2 heterocycles. The van der Waals surface area contributed by atoms with Crippen molar-refractivity contribution in [2.24, 2.45) is 0 Å². The van der Waals surface area contributed by atoms with Gasteiger partial charge in [0, 0.05) is 32.1 Å². The molecule has 8 heteroatoms. The Kier molecular flexibility index (Phi) is 5.98. The maximum Gasteiger partial charge on any atom is 0.242 e. The number of piperidine rings is 1. The van der Waals surface area contributed by atoms with Crippen LogP contribution < -0.4 is 10.0 Å². The molecule has 1 fully saturated rings. The van der Waals surface area contributed by atoms with Gasteiger partial charge in [0.05, 0.1) is 0 Å². The molecule has 0 radical (unpaired) electrons. The smallest absolute Gasteiger partial charge is 0.242 e. The first-order chi connectivity index (χ1) is 10.4. The van der Waals surface area contributed by atoms with E-state index in [4.69, 9.17) is 11.6 Å². The van der Waals surface area contributed by atoms with E-state index < -0.39 is 10.0 Å². The van der Waals surface area contributed by atoms with E-state index in [0.717, 1.165) is 29.0 Å². The van der Waals surface area contributed by atoms with Gasteiger partial charge in [0.15, 0.2) is 0 Å². The fourth-order valence-corrected chi connectivity index (χ4v) is 6.26. The van der Waals surface area contributed by atoms with Crippen LogP contribution in [0.25, 0.3) is 10.1 Å². The van der Waals surface area contributed by atoms with E-state index in [-0.39, 0.29) is 18.4 Å². The minimum atomic E-state index is -3.54. The summed E-state index contributed by atoms with van der Waals surface area (Å²) in [5.74, 6) is 0. The minimum absolute atomic E-state index is 0. The Hall–Kier alpha value is -0.370. The number of halogens is 2. The molecule has 1 saturated heterocycles. The highest BCUT2D eigenvalue weighted by molar-refractivity contribution is 7.90. The van der Waals surface area contributed by atoms with E-state index in [2.05, 4.69) is 17.0 Å². The predicted octanol–water partition coefficient (Wildman–Crippen LogP) is 3.70. The van der Waals surface area contributed by atoms with Gasteiger partial charge >= 0.3 is 0 Å². The highest BCUT2D eigenvalue weighted by Gasteiger charge is 2.28. The number of hydrogen-bond acceptors (Lipinski definition) is 4. The van der Waals surface area contributed by atoms with Crippen molar-refractivity contribution in [3.8, 4) is 0 Å². The zero-order valence-electron chi connectivity index (χ0n) is 12.9. The van der Waals surface area contributed by atoms with Crippen molar-refractivity contribution in [2.75, 3.05) is 6.54 Å². The third-order valence-electron chi connectivity index (χ3n) is 3.98. The lowest BCUT2D eigenvalue weighted by Gasteiger charge is -2.28. The summed E-state index contributed by atoms with van der Waals surface area (Å²) in [5, 5.41) is 4.60. The summed E-state index contributed by atoms with van der Waals surface area (Å²) in [7, 11) is -3.54. The minimum Gasteiger partial charge on any atom is -0.314 e. The number of rotatable bonds is 3. The number of thiophene rings is 1. The van der Waals surface area contributed by atoms with Crippen LogP contribution in [0, 0.1) is 6.92 Å². The molecule has 1 aliphatic heterocycles. The standard InChI is InChI=1S/C15H19ClN2O2S2.ClH/c1-9-7-12(5-6-17-9)18-22(19,20)15-10(2)21-14-4-3-11(16)8-13(14)15;/h3-4,8-9,12,17-18H,5-7H2,1-2H3;1H. The van der Waals surface area contributed by atoms with Gasteiger partial charge in [-0.05, 0) is 51.4 Å². The van der Waals surface area contributed by atoms with Gasteiger partial charge in [-0.25, -0.2) is 13.1 Å². The Labute approximate surface area is 152 Å². The molecule has 1 aromatic heterocycles. The second-order valence-electron chi connectivity index (χ2n) is 5.83. The Morgan fingerprint density at radius 1 is 1.39 bits per heavy atom. The zero-order valence-corrected chi connectivity index (χ0v) is 16.1. The fourth-order valence-electron chi connectivity index (χ4n) is 3.02. The maximum absolute atomic E-state index is 12.8. The molecule has 1 aliphatic rings. The summed E-state index contributed by atoms with van der Waals surface area (Å²) < 4.78 is 29.5. The molecule has 0 spiro atoms. The van der Waals surface area contributed by atoms with Gasteiger partial charge in [-0.3, -0.25) is 0 Å². The molecular weight excluding hydrogens is 375 g/mol. The average molecular weight is 395 g/mol.